The monoisotopic (exact) mass is 433 g/mol. The first-order chi connectivity index (χ1) is 13.3. The lowest BCUT2D eigenvalue weighted by Gasteiger charge is -2.10. The van der Waals surface area contributed by atoms with Crippen LogP contribution in [-0.2, 0) is 15.8 Å². The third kappa shape index (κ3) is 5.82. The van der Waals surface area contributed by atoms with Gasteiger partial charge in [0, 0.05) is 27.4 Å². The molecule has 0 bridgehead atoms. The minimum absolute atomic E-state index is 0.221. The summed E-state index contributed by atoms with van der Waals surface area (Å²) in [6, 6.07) is 13.9. The molecule has 0 saturated carbocycles. The zero-order chi connectivity index (χ0) is 20.1. The van der Waals surface area contributed by atoms with E-state index in [0.29, 0.717) is 22.7 Å². The summed E-state index contributed by atoms with van der Waals surface area (Å²) in [6.07, 6.45) is 1.09. The minimum atomic E-state index is -3.33. The summed E-state index contributed by atoms with van der Waals surface area (Å²) < 4.78 is 24.9. The molecule has 0 aliphatic carbocycles. The van der Waals surface area contributed by atoms with Gasteiger partial charge in [0.15, 0.2) is 0 Å². The number of carbonyl (C=O) groups is 1. The maximum Gasteiger partial charge on any atom is 0.256 e. The van der Waals surface area contributed by atoms with Crippen molar-refractivity contribution in [3.63, 3.8) is 0 Å². The van der Waals surface area contributed by atoms with Gasteiger partial charge in [0.05, 0.1) is 22.5 Å². The molecular formula is C19H19N3O3S3. The van der Waals surface area contributed by atoms with Crippen LogP contribution in [0.2, 0.25) is 0 Å². The number of hydrogen-bond donors (Lipinski definition) is 2. The fourth-order valence-electron chi connectivity index (χ4n) is 2.44. The summed E-state index contributed by atoms with van der Waals surface area (Å²) in [5.74, 6) is 0.474. The van der Waals surface area contributed by atoms with Gasteiger partial charge in [0.2, 0.25) is 10.0 Å². The lowest BCUT2D eigenvalue weighted by Crippen LogP contribution is -2.13. The fourth-order valence-corrected chi connectivity index (χ4v) is 4.67. The van der Waals surface area contributed by atoms with E-state index in [9.17, 15) is 13.2 Å². The van der Waals surface area contributed by atoms with E-state index < -0.39 is 10.0 Å². The number of thioether (sulfide) groups is 1. The highest BCUT2D eigenvalue weighted by Crippen LogP contribution is 2.27. The Morgan fingerprint density at radius 1 is 1.11 bits per heavy atom. The van der Waals surface area contributed by atoms with Crippen molar-refractivity contribution in [1.29, 1.82) is 0 Å². The van der Waals surface area contributed by atoms with Gasteiger partial charge in [-0.3, -0.25) is 9.52 Å². The molecule has 1 amide bonds. The molecule has 0 unspecified atom stereocenters. The number of nitrogens with zero attached hydrogens (tertiary/aromatic N) is 1. The molecule has 0 aliphatic rings. The first kappa shape index (κ1) is 20.4. The predicted octanol–water partition coefficient (Wildman–Crippen LogP) is 4.37. The molecule has 0 atom stereocenters. The third-order valence-electron chi connectivity index (χ3n) is 3.62. The molecule has 0 spiro atoms. The van der Waals surface area contributed by atoms with E-state index in [1.54, 1.807) is 53.4 Å². The summed E-state index contributed by atoms with van der Waals surface area (Å²) in [5, 5.41) is 5.90. The second-order valence-corrected chi connectivity index (χ2v) is 9.88. The van der Waals surface area contributed by atoms with Gasteiger partial charge in [-0.05, 0) is 43.3 Å². The number of nitrogens with one attached hydrogen (secondary N) is 2. The average molecular weight is 434 g/mol. The molecule has 28 heavy (non-hydrogen) atoms. The molecular weight excluding hydrogens is 414 g/mol. The van der Waals surface area contributed by atoms with Crippen molar-refractivity contribution in [3.05, 3.63) is 70.2 Å². The van der Waals surface area contributed by atoms with Gasteiger partial charge in [-0.25, -0.2) is 13.4 Å². The van der Waals surface area contributed by atoms with Gasteiger partial charge < -0.3 is 5.32 Å². The van der Waals surface area contributed by atoms with Crippen molar-refractivity contribution in [3.8, 4) is 0 Å². The van der Waals surface area contributed by atoms with Crippen LogP contribution >= 0.6 is 23.1 Å². The van der Waals surface area contributed by atoms with Crippen LogP contribution < -0.4 is 10.0 Å². The number of anilines is 2. The van der Waals surface area contributed by atoms with Gasteiger partial charge in [0.25, 0.3) is 5.91 Å². The molecule has 9 heteroatoms. The van der Waals surface area contributed by atoms with Gasteiger partial charge in [-0.2, -0.15) is 0 Å². The number of aryl methyl sites for hydroxylation is 1. The lowest BCUT2D eigenvalue weighted by atomic mass is 10.2. The molecule has 0 radical (unpaired) electrons. The standard InChI is InChI=1S/C19H19N3O3S3/c1-13-20-16(11-26-13)12-27-18-6-4-3-5-17(18)19(23)21-14-7-9-15(10-8-14)22-28(2,24)25/h3-11,22H,12H2,1-2H3,(H,21,23). The zero-order valence-corrected chi connectivity index (χ0v) is 17.7. The van der Waals surface area contributed by atoms with Crippen molar-refractivity contribution in [2.75, 3.05) is 16.3 Å². The highest BCUT2D eigenvalue weighted by molar-refractivity contribution is 7.98. The molecule has 6 nitrogen and oxygen atoms in total. The van der Waals surface area contributed by atoms with Crippen LogP contribution in [0.25, 0.3) is 0 Å². The molecule has 0 aliphatic heterocycles. The highest BCUT2D eigenvalue weighted by atomic mass is 32.2. The third-order valence-corrected chi connectivity index (χ3v) is 6.16. The molecule has 3 aromatic rings. The van der Waals surface area contributed by atoms with E-state index in [1.165, 1.54) is 0 Å². The lowest BCUT2D eigenvalue weighted by molar-refractivity contribution is 0.102. The molecule has 1 heterocycles. The summed E-state index contributed by atoms with van der Waals surface area (Å²) >= 11 is 3.18. The van der Waals surface area contributed by atoms with E-state index in [4.69, 9.17) is 0 Å². The van der Waals surface area contributed by atoms with E-state index in [1.807, 2.05) is 30.5 Å². The molecule has 0 saturated heterocycles. The topological polar surface area (TPSA) is 88.2 Å². The number of hydrogen-bond acceptors (Lipinski definition) is 6. The highest BCUT2D eigenvalue weighted by Gasteiger charge is 2.12. The average Bonchev–Trinajstić information content (AvgIpc) is 3.06. The van der Waals surface area contributed by atoms with Crippen LogP contribution in [0.3, 0.4) is 0 Å². The number of sulfonamides is 1. The van der Waals surface area contributed by atoms with Crippen molar-refractivity contribution in [1.82, 2.24) is 4.98 Å². The van der Waals surface area contributed by atoms with Crippen LogP contribution in [0.5, 0.6) is 0 Å². The Labute approximate surface area is 172 Å². The Morgan fingerprint density at radius 3 is 2.43 bits per heavy atom. The van der Waals surface area contributed by atoms with Gasteiger partial charge in [-0.15, -0.1) is 23.1 Å². The first-order valence-electron chi connectivity index (χ1n) is 8.32. The van der Waals surface area contributed by atoms with Crippen LogP contribution in [-0.4, -0.2) is 25.6 Å². The molecule has 2 N–H and O–H groups in total. The number of benzene rings is 2. The Morgan fingerprint density at radius 2 is 1.79 bits per heavy atom. The van der Waals surface area contributed by atoms with Gasteiger partial charge in [-0.1, -0.05) is 12.1 Å². The second-order valence-electron chi connectivity index (χ2n) is 6.05. The predicted molar refractivity (Wildman–Crippen MR) is 116 cm³/mol. The zero-order valence-electron chi connectivity index (χ0n) is 15.3. The summed E-state index contributed by atoms with van der Waals surface area (Å²) in [6.45, 7) is 1.97. The Balaban J connectivity index is 1.68. The second kappa shape index (κ2) is 8.76. The smallest absolute Gasteiger partial charge is 0.256 e. The van der Waals surface area contributed by atoms with Crippen LogP contribution in [0.15, 0.2) is 58.8 Å². The van der Waals surface area contributed by atoms with Gasteiger partial charge in [0.1, 0.15) is 0 Å². The number of rotatable bonds is 7. The Hall–Kier alpha value is -2.36. The van der Waals surface area contributed by atoms with Crippen LogP contribution in [0, 0.1) is 6.92 Å². The van der Waals surface area contributed by atoms with E-state index >= 15 is 0 Å². The maximum absolute atomic E-state index is 12.7. The molecule has 2 aromatic carbocycles. The number of aromatic nitrogens is 1. The van der Waals surface area contributed by atoms with Crippen LogP contribution in [0.4, 0.5) is 11.4 Å². The van der Waals surface area contributed by atoms with Crippen molar-refractivity contribution in [2.24, 2.45) is 0 Å². The van der Waals surface area contributed by atoms with Crippen molar-refractivity contribution >= 4 is 50.4 Å². The van der Waals surface area contributed by atoms with Gasteiger partial charge >= 0.3 is 0 Å². The molecule has 146 valence electrons. The summed E-state index contributed by atoms with van der Waals surface area (Å²) in [4.78, 5) is 18.0. The largest absolute Gasteiger partial charge is 0.322 e. The Kier molecular flexibility index (Phi) is 6.38. The van der Waals surface area contributed by atoms with E-state index in [-0.39, 0.29) is 5.91 Å². The maximum atomic E-state index is 12.7. The Bertz CT molecular complexity index is 1080. The SMILES string of the molecule is Cc1nc(CSc2ccccc2C(=O)Nc2ccc(NS(C)(=O)=O)cc2)cs1. The molecule has 3 rings (SSSR count). The van der Waals surface area contributed by atoms with Crippen molar-refractivity contribution < 1.29 is 13.2 Å². The molecule has 1 aromatic heterocycles. The summed E-state index contributed by atoms with van der Waals surface area (Å²) in [5.41, 5.74) is 2.60. The minimum Gasteiger partial charge on any atom is -0.322 e. The fraction of sp³-hybridized carbons (Fsp3) is 0.158. The van der Waals surface area contributed by atoms with Crippen molar-refractivity contribution in [2.45, 2.75) is 17.6 Å². The van der Waals surface area contributed by atoms with Crippen LogP contribution in [0.1, 0.15) is 21.1 Å². The summed E-state index contributed by atoms with van der Waals surface area (Å²) in [7, 11) is -3.33. The number of amides is 1. The van der Waals surface area contributed by atoms with E-state index in [0.717, 1.165) is 21.9 Å². The number of carbonyl (C=O) groups excluding carboxylic acids is 1. The molecule has 0 fully saturated rings. The quantitative estimate of drug-likeness (QED) is 0.540. The van der Waals surface area contributed by atoms with E-state index in [2.05, 4.69) is 15.0 Å². The first-order valence-corrected chi connectivity index (χ1v) is 12.1. The number of thiazole rings is 1. The normalized spacial score (nSPS) is 11.2.